The molecule has 2 rings (SSSR count). The molecule has 0 bridgehead atoms. The second kappa shape index (κ2) is 4.88. The Morgan fingerprint density at radius 1 is 1.25 bits per heavy atom. The summed E-state index contributed by atoms with van der Waals surface area (Å²) in [5, 5.41) is 3.99. The summed E-state index contributed by atoms with van der Waals surface area (Å²) in [4.78, 5) is 11.6. The first-order chi connectivity index (χ1) is 7.77. The van der Waals surface area contributed by atoms with Crippen molar-refractivity contribution in [3.8, 4) is 0 Å². The Morgan fingerprint density at radius 3 is 2.62 bits per heavy atom. The number of hydrogen-bond acceptors (Lipinski definition) is 2. The van der Waals surface area contributed by atoms with E-state index < -0.39 is 11.7 Å². The van der Waals surface area contributed by atoms with Gasteiger partial charge < -0.3 is 0 Å². The Morgan fingerprint density at radius 2 is 1.94 bits per heavy atom. The Balaban J connectivity index is 2.03. The van der Waals surface area contributed by atoms with Crippen LogP contribution in [0.4, 0.5) is 4.39 Å². The van der Waals surface area contributed by atoms with Crippen molar-refractivity contribution in [2.24, 2.45) is 5.10 Å². The van der Waals surface area contributed by atoms with Gasteiger partial charge in [-0.1, -0.05) is 12.1 Å². The number of carbonyl (C=O) groups excluding carboxylic acids is 1. The van der Waals surface area contributed by atoms with Crippen molar-refractivity contribution in [2.45, 2.75) is 25.7 Å². The summed E-state index contributed by atoms with van der Waals surface area (Å²) < 4.78 is 13.2. The van der Waals surface area contributed by atoms with E-state index in [0.29, 0.717) is 0 Å². The van der Waals surface area contributed by atoms with E-state index in [0.717, 1.165) is 31.4 Å². The average Bonchev–Trinajstić information content (AvgIpc) is 2.79. The van der Waals surface area contributed by atoms with E-state index in [2.05, 4.69) is 10.5 Å². The van der Waals surface area contributed by atoms with Crippen molar-refractivity contribution in [3.05, 3.63) is 35.6 Å². The van der Waals surface area contributed by atoms with Crippen LogP contribution in [0.5, 0.6) is 0 Å². The summed E-state index contributed by atoms with van der Waals surface area (Å²) in [6.07, 6.45) is 4.10. The van der Waals surface area contributed by atoms with Crippen LogP contribution in [0.15, 0.2) is 29.4 Å². The zero-order valence-corrected chi connectivity index (χ0v) is 8.87. The van der Waals surface area contributed by atoms with Crippen molar-refractivity contribution in [1.82, 2.24) is 5.43 Å². The van der Waals surface area contributed by atoms with Crippen molar-refractivity contribution < 1.29 is 9.18 Å². The highest BCUT2D eigenvalue weighted by molar-refractivity contribution is 5.95. The van der Waals surface area contributed by atoms with Crippen LogP contribution in [0, 0.1) is 5.82 Å². The second-order valence-corrected chi connectivity index (χ2v) is 3.81. The molecule has 1 aromatic rings. The molecular weight excluding hydrogens is 207 g/mol. The number of halogens is 1. The zero-order chi connectivity index (χ0) is 11.4. The first-order valence-corrected chi connectivity index (χ1v) is 5.37. The quantitative estimate of drug-likeness (QED) is 0.764. The highest BCUT2D eigenvalue weighted by Gasteiger charge is 2.12. The number of hydrogen-bond donors (Lipinski definition) is 1. The molecule has 16 heavy (non-hydrogen) atoms. The summed E-state index contributed by atoms with van der Waals surface area (Å²) >= 11 is 0. The molecule has 1 aromatic carbocycles. The molecular formula is C12H13FN2O. The van der Waals surface area contributed by atoms with Crippen molar-refractivity contribution in [3.63, 3.8) is 0 Å². The smallest absolute Gasteiger partial charge is 0.267 e. The van der Waals surface area contributed by atoms with Gasteiger partial charge in [-0.25, -0.2) is 9.82 Å². The number of nitrogens with zero attached hydrogens (tertiary/aromatic N) is 1. The molecule has 84 valence electrons. The Labute approximate surface area is 93.4 Å². The number of nitrogens with one attached hydrogen (secondary N) is 1. The fourth-order valence-corrected chi connectivity index (χ4v) is 1.73. The molecule has 1 amide bonds. The van der Waals surface area contributed by atoms with Crippen LogP contribution in [0.3, 0.4) is 0 Å². The lowest BCUT2D eigenvalue weighted by Gasteiger charge is -2.02. The third kappa shape index (κ3) is 2.45. The fourth-order valence-electron chi connectivity index (χ4n) is 1.73. The maximum atomic E-state index is 13.2. The summed E-state index contributed by atoms with van der Waals surface area (Å²) in [7, 11) is 0. The van der Waals surface area contributed by atoms with Crippen LogP contribution in [-0.2, 0) is 0 Å². The summed E-state index contributed by atoms with van der Waals surface area (Å²) in [5.41, 5.74) is 3.41. The van der Waals surface area contributed by atoms with Gasteiger partial charge in [-0.15, -0.1) is 0 Å². The minimum atomic E-state index is -0.522. The highest BCUT2D eigenvalue weighted by Crippen LogP contribution is 2.14. The number of amides is 1. The van der Waals surface area contributed by atoms with Gasteiger partial charge >= 0.3 is 0 Å². The minimum Gasteiger partial charge on any atom is -0.267 e. The van der Waals surface area contributed by atoms with Gasteiger partial charge in [0.25, 0.3) is 5.91 Å². The van der Waals surface area contributed by atoms with E-state index >= 15 is 0 Å². The predicted octanol–water partition coefficient (Wildman–Crippen LogP) is 2.49. The van der Waals surface area contributed by atoms with Gasteiger partial charge in [-0.05, 0) is 37.8 Å². The van der Waals surface area contributed by atoms with E-state index in [9.17, 15) is 9.18 Å². The van der Waals surface area contributed by atoms with Crippen LogP contribution < -0.4 is 5.43 Å². The average molecular weight is 220 g/mol. The standard InChI is InChI=1S/C12H13FN2O/c13-11-8-4-3-7-10(11)12(16)15-14-9-5-1-2-6-9/h3-4,7-8H,1-2,5-6H2,(H,15,16). The predicted molar refractivity (Wildman–Crippen MR) is 59.8 cm³/mol. The number of carbonyl (C=O) groups is 1. The van der Waals surface area contributed by atoms with Gasteiger partial charge in [0.05, 0.1) is 5.56 Å². The topological polar surface area (TPSA) is 41.5 Å². The first kappa shape index (κ1) is 10.8. The lowest BCUT2D eigenvalue weighted by atomic mass is 10.2. The van der Waals surface area contributed by atoms with E-state index in [4.69, 9.17) is 0 Å². The Bertz CT molecular complexity index is 421. The maximum Gasteiger partial charge on any atom is 0.274 e. The van der Waals surface area contributed by atoms with Crippen LogP contribution in [0.25, 0.3) is 0 Å². The molecule has 0 atom stereocenters. The van der Waals surface area contributed by atoms with E-state index in [1.54, 1.807) is 12.1 Å². The van der Waals surface area contributed by atoms with Gasteiger partial charge in [0.2, 0.25) is 0 Å². The maximum absolute atomic E-state index is 13.2. The molecule has 0 heterocycles. The molecule has 1 saturated carbocycles. The van der Waals surface area contributed by atoms with Crippen molar-refractivity contribution >= 4 is 11.6 Å². The van der Waals surface area contributed by atoms with Gasteiger partial charge in [-0.2, -0.15) is 5.10 Å². The molecule has 0 spiro atoms. The van der Waals surface area contributed by atoms with Gasteiger partial charge in [-0.3, -0.25) is 4.79 Å². The first-order valence-electron chi connectivity index (χ1n) is 5.37. The number of rotatable bonds is 2. The largest absolute Gasteiger partial charge is 0.274 e. The van der Waals surface area contributed by atoms with Crippen LogP contribution >= 0.6 is 0 Å². The summed E-state index contributed by atoms with van der Waals surface area (Å²) in [6.45, 7) is 0. The Hall–Kier alpha value is -1.71. The third-order valence-corrected chi connectivity index (χ3v) is 2.61. The number of benzene rings is 1. The Kier molecular flexibility index (Phi) is 3.29. The highest BCUT2D eigenvalue weighted by atomic mass is 19.1. The molecule has 0 unspecified atom stereocenters. The molecule has 1 aliphatic carbocycles. The molecule has 1 aliphatic rings. The van der Waals surface area contributed by atoms with Crippen LogP contribution in [-0.4, -0.2) is 11.6 Å². The molecule has 3 nitrogen and oxygen atoms in total. The normalized spacial score (nSPS) is 14.9. The van der Waals surface area contributed by atoms with Crippen LogP contribution in [0.2, 0.25) is 0 Å². The fraction of sp³-hybridized carbons (Fsp3) is 0.333. The van der Waals surface area contributed by atoms with Crippen molar-refractivity contribution in [2.75, 3.05) is 0 Å². The molecule has 1 fully saturated rings. The molecule has 0 radical (unpaired) electrons. The minimum absolute atomic E-state index is 0.0323. The third-order valence-electron chi connectivity index (χ3n) is 2.61. The molecule has 0 saturated heterocycles. The van der Waals surface area contributed by atoms with Gasteiger partial charge in [0.1, 0.15) is 5.82 Å². The zero-order valence-electron chi connectivity index (χ0n) is 8.87. The molecule has 1 N–H and O–H groups in total. The SMILES string of the molecule is O=C(NN=C1CCCC1)c1ccccc1F. The summed E-state index contributed by atoms with van der Waals surface area (Å²) in [6, 6.07) is 5.88. The molecule has 4 heteroatoms. The van der Waals surface area contributed by atoms with E-state index in [-0.39, 0.29) is 5.56 Å². The monoisotopic (exact) mass is 220 g/mol. The summed E-state index contributed by atoms with van der Waals surface area (Å²) in [5.74, 6) is -1.01. The number of hydrazone groups is 1. The van der Waals surface area contributed by atoms with Crippen LogP contribution in [0.1, 0.15) is 36.0 Å². The lowest BCUT2D eigenvalue weighted by Crippen LogP contribution is -2.20. The van der Waals surface area contributed by atoms with Gasteiger partial charge in [0.15, 0.2) is 0 Å². The van der Waals surface area contributed by atoms with Crippen molar-refractivity contribution in [1.29, 1.82) is 0 Å². The second-order valence-electron chi connectivity index (χ2n) is 3.81. The molecule has 0 aliphatic heterocycles. The van der Waals surface area contributed by atoms with Gasteiger partial charge in [0, 0.05) is 5.71 Å². The van der Waals surface area contributed by atoms with E-state index in [1.165, 1.54) is 12.1 Å². The van der Waals surface area contributed by atoms with E-state index in [1.807, 2.05) is 0 Å². The molecule has 0 aromatic heterocycles. The lowest BCUT2D eigenvalue weighted by molar-refractivity contribution is 0.0950.